The van der Waals surface area contributed by atoms with Gasteiger partial charge >= 0.3 is 0 Å². The lowest BCUT2D eigenvalue weighted by molar-refractivity contribution is -1.05. The van der Waals surface area contributed by atoms with Gasteiger partial charge in [-0.3, -0.25) is 0 Å². The van der Waals surface area contributed by atoms with E-state index in [0.717, 1.165) is 11.8 Å². The Morgan fingerprint density at radius 3 is 1.93 bits per heavy atom. The third-order valence-electron chi connectivity index (χ3n) is 5.12. The lowest BCUT2D eigenvalue weighted by atomic mass is 9.50. The molecule has 1 N–H and O–H groups in total. The molecule has 3 heteroatoms. The quantitative estimate of drug-likeness (QED) is 0.696. The number of hydrogen-bond acceptors (Lipinski definition) is 2. The summed E-state index contributed by atoms with van der Waals surface area (Å²) in [5.74, 6) is 3.18. The van der Waals surface area contributed by atoms with E-state index in [2.05, 4.69) is 6.92 Å². The maximum absolute atomic E-state index is 11.2. The van der Waals surface area contributed by atoms with Crippen molar-refractivity contribution in [3.8, 4) is 0 Å². The maximum atomic E-state index is 11.2. The van der Waals surface area contributed by atoms with E-state index in [1.165, 1.54) is 32.1 Å². The molecule has 1 unspecified atom stereocenters. The van der Waals surface area contributed by atoms with Gasteiger partial charge in [-0.15, -0.1) is 0 Å². The smallest absolute Gasteiger partial charge is 0.130 e. The molecule has 0 heterocycles. The van der Waals surface area contributed by atoms with E-state index in [1.807, 2.05) is 0 Å². The highest BCUT2D eigenvalue weighted by Crippen LogP contribution is 2.58. The zero-order valence-corrected chi connectivity index (χ0v) is 9.66. The molecule has 4 fully saturated rings. The van der Waals surface area contributed by atoms with Crippen molar-refractivity contribution in [2.24, 2.45) is 23.7 Å². The Labute approximate surface area is 91.3 Å². The van der Waals surface area contributed by atoms with Crippen LogP contribution in [0.15, 0.2) is 0 Å². The van der Waals surface area contributed by atoms with Crippen LogP contribution in [0, 0.1) is 28.9 Å². The van der Waals surface area contributed by atoms with Crippen molar-refractivity contribution in [3.05, 3.63) is 5.21 Å². The van der Waals surface area contributed by atoms with Gasteiger partial charge in [-0.25, -0.2) is 5.23 Å². The van der Waals surface area contributed by atoms with Crippen molar-refractivity contribution < 1.29 is 10.1 Å². The Morgan fingerprint density at radius 1 is 1.07 bits per heavy atom. The standard InChI is InChI=1S/C12H21NO2/c1-12(15-13(2)14)10-4-8-3-9(6-10)7-11(12)5-8/h8-11,13H,3-7H2,1-2H3. The normalized spacial score (nSPS) is 54.6. The average molecular weight is 211 g/mol. The fourth-order valence-corrected chi connectivity index (χ4v) is 4.60. The molecule has 4 aliphatic carbocycles. The molecule has 0 aromatic heterocycles. The molecule has 15 heavy (non-hydrogen) atoms. The molecular weight excluding hydrogens is 190 g/mol. The van der Waals surface area contributed by atoms with Gasteiger partial charge in [-0.05, 0) is 62.7 Å². The minimum Gasteiger partial charge on any atom is -0.600 e. The predicted molar refractivity (Wildman–Crippen MR) is 56.8 cm³/mol. The molecule has 0 amide bonds. The van der Waals surface area contributed by atoms with Crippen LogP contribution >= 0.6 is 0 Å². The second-order valence-corrected chi connectivity index (χ2v) is 6.08. The summed E-state index contributed by atoms with van der Waals surface area (Å²) >= 11 is 0. The zero-order chi connectivity index (χ0) is 10.6. The Morgan fingerprint density at radius 2 is 1.53 bits per heavy atom. The van der Waals surface area contributed by atoms with Gasteiger partial charge in [0.15, 0.2) is 0 Å². The van der Waals surface area contributed by atoms with Crippen LogP contribution in [0.2, 0.25) is 0 Å². The average Bonchev–Trinajstić information content (AvgIpc) is 2.12. The summed E-state index contributed by atoms with van der Waals surface area (Å²) in [4.78, 5) is 5.68. The minimum atomic E-state index is -0.126. The van der Waals surface area contributed by atoms with Crippen molar-refractivity contribution in [1.29, 1.82) is 0 Å². The van der Waals surface area contributed by atoms with E-state index in [-0.39, 0.29) is 10.8 Å². The second-order valence-electron chi connectivity index (χ2n) is 6.08. The van der Waals surface area contributed by atoms with Crippen molar-refractivity contribution in [1.82, 2.24) is 0 Å². The van der Waals surface area contributed by atoms with Crippen molar-refractivity contribution >= 4 is 0 Å². The molecule has 3 nitrogen and oxygen atoms in total. The lowest BCUT2D eigenvalue weighted by Crippen LogP contribution is -3.05. The van der Waals surface area contributed by atoms with Crippen molar-refractivity contribution in [2.75, 3.05) is 7.05 Å². The topological polar surface area (TPSA) is 36.7 Å². The van der Waals surface area contributed by atoms with E-state index in [0.29, 0.717) is 11.8 Å². The minimum absolute atomic E-state index is 0.0926. The van der Waals surface area contributed by atoms with Gasteiger partial charge in [0.1, 0.15) is 5.60 Å². The predicted octanol–water partition coefficient (Wildman–Crippen LogP) is 1.15. The van der Waals surface area contributed by atoms with E-state index >= 15 is 0 Å². The zero-order valence-electron chi connectivity index (χ0n) is 9.66. The first kappa shape index (κ1) is 10.1. The molecule has 0 aromatic rings. The van der Waals surface area contributed by atoms with Gasteiger partial charge < -0.3 is 5.21 Å². The van der Waals surface area contributed by atoms with Gasteiger partial charge in [0.25, 0.3) is 0 Å². The van der Waals surface area contributed by atoms with Crippen LogP contribution in [-0.2, 0) is 4.84 Å². The van der Waals surface area contributed by atoms with Crippen molar-refractivity contribution in [3.63, 3.8) is 0 Å². The first-order valence-corrected chi connectivity index (χ1v) is 6.27. The van der Waals surface area contributed by atoms with Gasteiger partial charge in [-0.2, -0.15) is 4.84 Å². The summed E-state index contributed by atoms with van der Waals surface area (Å²) in [6.45, 7) is 2.18. The summed E-state index contributed by atoms with van der Waals surface area (Å²) in [7, 11) is 1.55. The number of hydroxylamine groups is 2. The molecule has 4 rings (SSSR count). The third kappa shape index (κ3) is 1.44. The van der Waals surface area contributed by atoms with E-state index in [1.54, 1.807) is 7.05 Å². The molecular formula is C12H21NO2. The first-order valence-electron chi connectivity index (χ1n) is 6.27. The van der Waals surface area contributed by atoms with E-state index < -0.39 is 0 Å². The maximum Gasteiger partial charge on any atom is 0.130 e. The highest BCUT2D eigenvalue weighted by atomic mass is 16.9. The van der Waals surface area contributed by atoms with Crippen LogP contribution in [0.5, 0.6) is 0 Å². The highest BCUT2D eigenvalue weighted by molar-refractivity contribution is 5.05. The molecule has 0 aromatic carbocycles. The van der Waals surface area contributed by atoms with Gasteiger partial charge in [0.05, 0.1) is 7.05 Å². The van der Waals surface area contributed by atoms with Crippen LogP contribution in [0.1, 0.15) is 39.0 Å². The van der Waals surface area contributed by atoms with Gasteiger partial charge in [-0.1, -0.05) is 0 Å². The molecule has 0 spiro atoms. The van der Waals surface area contributed by atoms with E-state index in [9.17, 15) is 5.21 Å². The van der Waals surface area contributed by atoms with Crippen LogP contribution in [0.3, 0.4) is 0 Å². The van der Waals surface area contributed by atoms with Gasteiger partial charge in [0.2, 0.25) is 0 Å². The Kier molecular flexibility index (Phi) is 2.14. The summed E-state index contributed by atoms with van der Waals surface area (Å²) in [5, 5.41) is 11.1. The van der Waals surface area contributed by atoms with E-state index in [4.69, 9.17) is 4.84 Å². The van der Waals surface area contributed by atoms with Crippen LogP contribution in [-0.4, -0.2) is 12.6 Å². The molecule has 4 aliphatic rings. The number of nitrogens with one attached hydrogen (secondary N) is 1. The summed E-state index contributed by atoms with van der Waals surface area (Å²) < 4.78 is 0. The molecule has 0 radical (unpaired) electrons. The molecule has 86 valence electrons. The Hall–Kier alpha value is -0.120. The molecule has 4 bridgehead atoms. The van der Waals surface area contributed by atoms with Gasteiger partial charge in [0, 0.05) is 0 Å². The van der Waals surface area contributed by atoms with Crippen LogP contribution < -0.4 is 5.23 Å². The number of quaternary nitrogens is 1. The second kappa shape index (κ2) is 3.19. The van der Waals surface area contributed by atoms with Crippen molar-refractivity contribution in [2.45, 2.75) is 44.6 Å². The third-order valence-corrected chi connectivity index (χ3v) is 5.12. The summed E-state index contributed by atoms with van der Waals surface area (Å²) in [6.07, 6.45) is 6.66. The molecule has 4 saturated carbocycles. The monoisotopic (exact) mass is 211 g/mol. The Bertz CT molecular complexity index is 236. The first-order chi connectivity index (χ1) is 7.08. The SMILES string of the molecule is C[NH+]([O-])OC1(C)C2CC3CC(C2)CC1C3. The highest BCUT2D eigenvalue weighted by Gasteiger charge is 2.57. The lowest BCUT2D eigenvalue weighted by Gasteiger charge is -2.58. The molecule has 0 aliphatic heterocycles. The largest absolute Gasteiger partial charge is 0.600 e. The summed E-state index contributed by atoms with van der Waals surface area (Å²) in [6, 6.07) is 0. The summed E-state index contributed by atoms with van der Waals surface area (Å²) in [5.41, 5.74) is -0.126. The fourth-order valence-electron chi connectivity index (χ4n) is 4.60. The molecule has 1 atom stereocenters. The van der Waals surface area contributed by atoms with Crippen LogP contribution in [0.4, 0.5) is 0 Å². The molecule has 0 saturated heterocycles. The Balaban J connectivity index is 1.84. The fraction of sp³-hybridized carbons (Fsp3) is 1.00. The number of rotatable bonds is 2. The van der Waals surface area contributed by atoms with Crippen LogP contribution in [0.25, 0.3) is 0 Å². The number of hydrogen-bond donors (Lipinski definition) is 1.